The molecule has 0 heterocycles. The van der Waals surface area contributed by atoms with E-state index in [1.807, 2.05) is 31.2 Å². The molecule has 0 aromatic heterocycles. The molecule has 1 aromatic carbocycles. The summed E-state index contributed by atoms with van der Waals surface area (Å²) in [7, 11) is 0. The maximum absolute atomic E-state index is 10.5. The Kier molecular flexibility index (Phi) is 4.07. The van der Waals surface area contributed by atoms with Crippen LogP contribution in [-0.4, -0.2) is 21.8 Å². The fourth-order valence-corrected chi connectivity index (χ4v) is 1.71. The lowest BCUT2D eigenvalue weighted by atomic mass is 9.92. The second-order valence-electron chi connectivity index (χ2n) is 4.49. The highest BCUT2D eigenvalue weighted by Gasteiger charge is 2.23. The molecule has 1 unspecified atom stereocenters. The summed E-state index contributed by atoms with van der Waals surface area (Å²) >= 11 is 0. The van der Waals surface area contributed by atoms with E-state index in [9.17, 15) is 9.90 Å². The average Bonchev–Trinajstić information content (AvgIpc) is 2.14. The number of carbonyl (C=O) groups is 1. The zero-order chi connectivity index (χ0) is 12.2. The molecule has 0 radical (unpaired) electrons. The van der Waals surface area contributed by atoms with Crippen molar-refractivity contribution in [2.75, 3.05) is 0 Å². The Morgan fingerprint density at radius 3 is 2.56 bits per heavy atom. The molecule has 3 heteroatoms. The molecule has 0 saturated carbocycles. The Bertz CT molecular complexity index is 369. The highest BCUT2D eigenvalue weighted by molar-refractivity contribution is 5.68. The largest absolute Gasteiger partial charge is 0.481 e. The van der Waals surface area contributed by atoms with Gasteiger partial charge in [0.05, 0.1) is 12.0 Å². The quantitative estimate of drug-likeness (QED) is 0.802. The van der Waals surface area contributed by atoms with Gasteiger partial charge in [-0.1, -0.05) is 24.3 Å². The van der Waals surface area contributed by atoms with Gasteiger partial charge in [-0.05, 0) is 37.8 Å². The molecule has 2 N–H and O–H groups in total. The van der Waals surface area contributed by atoms with E-state index in [1.165, 1.54) is 5.56 Å². The van der Waals surface area contributed by atoms with Crippen molar-refractivity contribution < 1.29 is 15.0 Å². The summed E-state index contributed by atoms with van der Waals surface area (Å²) in [4.78, 5) is 10.5. The summed E-state index contributed by atoms with van der Waals surface area (Å²) < 4.78 is 0. The van der Waals surface area contributed by atoms with Crippen molar-refractivity contribution in [2.24, 2.45) is 0 Å². The summed E-state index contributed by atoms with van der Waals surface area (Å²) in [5.74, 6) is -0.963. The normalized spacial score (nSPS) is 14.4. The van der Waals surface area contributed by atoms with E-state index in [2.05, 4.69) is 0 Å². The Morgan fingerprint density at radius 1 is 1.38 bits per heavy atom. The second kappa shape index (κ2) is 5.12. The van der Waals surface area contributed by atoms with Crippen LogP contribution in [0.2, 0.25) is 0 Å². The number of hydrogen-bond acceptors (Lipinski definition) is 2. The molecule has 16 heavy (non-hydrogen) atoms. The Balaban J connectivity index is 2.57. The Morgan fingerprint density at radius 2 is 2.00 bits per heavy atom. The van der Waals surface area contributed by atoms with Gasteiger partial charge in [-0.3, -0.25) is 4.79 Å². The van der Waals surface area contributed by atoms with E-state index in [0.717, 1.165) is 5.56 Å². The lowest BCUT2D eigenvalue weighted by Gasteiger charge is -2.21. The van der Waals surface area contributed by atoms with Crippen LogP contribution in [0.25, 0.3) is 0 Å². The predicted octanol–water partition coefficient (Wildman–Crippen LogP) is 2.15. The van der Waals surface area contributed by atoms with Crippen LogP contribution in [0, 0.1) is 6.92 Å². The minimum absolute atomic E-state index is 0.209. The molecule has 0 aliphatic carbocycles. The number of aliphatic hydroxyl groups is 1. The number of carboxylic acid groups (broad SMARTS) is 1. The first-order valence-electron chi connectivity index (χ1n) is 5.39. The molecule has 88 valence electrons. The van der Waals surface area contributed by atoms with Crippen LogP contribution in [0.1, 0.15) is 30.9 Å². The summed E-state index contributed by atoms with van der Waals surface area (Å²) in [6, 6.07) is 7.94. The first-order chi connectivity index (χ1) is 7.41. The molecule has 1 atom stereocenters. The molecule has 0 aliphatic heterocycles. The molecule has 0 spiro atoms. The zero-order valence-electron chi connectivity index (χ0n) is 9.73. The second-order valence-corrected chi connectivity index (χ2v) is 4.49. The van der Waals surface area contributed by atoms with Crippen molar-refractivity contribution in [3.8, 4) is 0 Å². The predicted molar refractivity (Wildman–Crippen MR) is 62.4 cm³/mol. The molecule has 0 saturated heterocycles. The van der Waals surface area contributed by atoms with Crippen LogP contribution in [0.5, 0.6) is 0 Å². The molecule has 0 bridgehead atoms. The van der Waals surface area contributed by atoms with E-state index in [0.29, 0.717) is 12.8 Å². The maximum Gasteiger partial charge on any atom is 0.306 e. The van der Waals surface area contributed by atoms with Crippen molar-refractivity contribution in [3.63, 3.8) is 0 Å². The van der Waals surface area contributed by atoms with Crippen molar-refractivity contribution in [1.29, 1.82) is 0 Å². The third-order valence-corrected chi connectivity index (χ3v) is 2.73. The molecule has 0 fully saturated rings. The maximum atomic E-state index is 10.5. The molecular weight excluding hydrogens is 204 g/mol. The lowest BCUT2D eigenvalue weighted by molar-refractivity contribution is -0.142. The minimum Gasteiger partial charge on any atom is -0.481 e. The first kappa shape index (κ1) is 12.7. The van der Waals surface area contributed by atoms with Crippen LogP contribution in [0.15, 0.2) is 24.3 Å². The van der Waals surface area contributed by atoms with E-state index < -0.39 is 11.6 Å². The van der Waals surface area contributed by atoms with E-state index >= 15 is 0 Å². The third-order valence-electron chi connectivity index (χ3n) is 2.73. The summed E-state index contributed by atoms with van der Waals surface area (Å²) in [5.41, 5.74) is 1.20. The topological polar surface area (TPSA) is 57.5 Å². The number of aliphatic carboxylic acids is 1. The smallest absolute Gasteiger partial charge is 0.306 e. The van der Waals surface area contributed by atoms with Gasteiger partial charge in [0.1, 0.15) is 0 Å². The highest BCUT2D eigenvalue weighted by Crippen LogP contribution is 2.19. The van der Waals surface area contributed by atoms with Gasteiger partial charge in [0.25, 0.3) is 0 Å². The van der Waals surface area contributed by atoms with Gasteiger partial charge >= 0.3 is 5.97 Å². The van der Waals surface area contributed by atoms with Crippen molar-refractivity contribution in [1.82, 2.24) is 0 Å². The van der Waals surface area contributed by atoms with Gasteiger partial charge in [0.2, 0.25) is 0 Å². The fraction of sp³-hybridized carbons (Fsp3) is 0.462. The summed E-state index contributed by atoms with van der Waals surface area (Å²) in [6.07, 6.45) is 0.954. The van der Waals surface area contributed by atoms with Gasteiger partial charge in [0.15, 0.2) is 0 Å². The molecule has 0 amide bonds. The van der Waals surface area contributed by atoms with Gasteiger partial charge < -0.3 is 10.2 Å². The lowest BCUT2D eigenvalue weighted by Crippen LogP contribution is -2.28. The van der Waals surface area contributed by atoms with E-state index in [-0.39, 0.29) is 6.42 Å². The highest BCUT2D eigenvalue weighted by atomic mass is 16.4. The van der Waals surface area contributed by atoms with Crippen LogP contribution in [-0.2, 0) is 11.2 Å². The Labute approximate surface area is 95.7 Å². The van der Waals surface area contributed by atoms with Crippen LogP contribution < -0.4 is 0 Å². The molecule has 1 rings (SSSR count). The molecule has 3 nitrogen and oxygen atoms in total. The summed E-state index contributed by atoms with van der Waals surface area (Å²) in [5, 5.41) is 18.5. The van der Waals surface area contributed by atoms with Gasteiger partial charge in [-0.25, -0.2) is 0 Å². The van der Waals surface area contributed by atoms with Crippen molar-refractivity contribution in [3.05, 3.63) is 35.4 Å². The van der Waals surface area contributed by atoms with E-state index in [1.54, 1.807) is 6.92 Å². The standard InChI is InChI=1S/C13H18O3/c1-10-5-3-4-6-11(10)7-8-13(2,16)9-12(14)15/h3-6,16H,7-9H2,1-2H3,(H,14,15). The van der Waals surface area contributed by atoms with E-state index in [4.69, 9.17) is 5.11 Å². The molecule has 1 aromatic rings. The van der Waals surface area contributed by atoms with Gasteiger partial charge in [0, 0.05) is 0 Å². The number of carboxylic acids is 1. The number of aryl methyl sites for hydroxylation is 2. The third kappa shape index (κ3) is 4.03. The Hall–Kier alpha value is -1.35. The van der Waals surface area contributed by atoms with Gasteiger partial charge in [-0.15, -0.1) is 0 Å². The number of rotatable bonds is 5. The molecular formula is C13H18O3. The number of hydrogen-bond donors (Lipinski definition) is 2. The first-order valence-corrected chi connectivity index (χ1v) is 5.39. The molecule has 0 aliphatic rings. The van der Waals surface area contributed by atoms with Gasteiger partial charge in [-0.2, -0.15) is 0 Å². The zero-order valence-corrected chi connectivity index (χ0v) is 9.73. The van der Waals surface area contributed by atoms with Crippen molar-refractivity contribution >= 4 is 5.97 Å². The van der Waals surface area contributed by atoms with Crippen LogP contribution in [0.4, 0.5) is 0 Å². The van der Waals surface area contributed by atoms with Crippen LogP contribution in [0.3, 0.4) is 0 Å². The van der Waals surface area contributed by atoms with Crippen molar-refractivity contribution in [2.45, 2.75) is 38.7 Å². The fourth-order valence-electron chi connectivity index (χ4n) is 1.71. The minimum atomic E-state index is -1.13. The average molecular weight is 222 g/mol. The monoisotopic (exact) mass is 222 g/mol. The SMILES string of the molecule is Cc1ccccc1CCC(C)(O)CC(=O)O. The number of benzene rings is 1. The van der Waals surface area contributed by atoms with Crippen LogP contribution >= 0.6 is 0 Å². The summed E-state index contributed by atoms with van der Waals surface area (Å²) in [6.45, 7) is 3.58.